The predicted octanol–water partition coefficient (Wildman–Crippen LogP) is 6.77. The van der Waals surface area contributed by atoms with Crippen molar-refractivity contribution in [3.63, 3.8) is 0 Å². The molecule has 2 heterocycles. The van der Waals surface area contributed by atoms with E-state index in [-0.39, 0.29) is 5.91 Å². The summed E-state index contributed by atoms with van der Waals surface area (Å²) >= 11 is 3.46. The summed E-state index contributed by atoms with van der Waals surface area (Å²) in [6, 6.07) is 33.9. The summed E-state index contributed by atoms with van der Waals surface area (Å²) in [5, 5.41) is 4.17. The van der Waals surface area contributed by atoms with E-state index in [9.17, 15) is 4.79 Å². The van der Waals surface area contributed by atoms with Crippen LogP contribution < -0.4 is 5.43 Å². The van der Waals surface area contributed by atoms with Gasteiger partial charge in [0.25, 0.3) is 5.91 Å². The van der Waals surface area contributed by atoms with Gasteiger partial charge in [0.15, 0.2) is 0 Å². The quantitative estimate of drug-likeness (QED) is 0.194. The molecule has 0 aliphatic carbocycles. The number of nitrogens with zero attached hydrogens (tertiary/aromatic N) is 3. The van der Waals surface area contributed by atoms with Gasteiger partial charge >= 0.3 is 0 Å². The smallest absolute Gasteiger partial charge is 0.271 e. The van der Waals surface area contributed by atoms with E-state index in [1.165, 1.54) is 0 Å². The number of amides is 1. The Morgan fingerprint density at radius 1 is 0.829 bits per heavy atom. The van der Waals surface area contributed by atoms with Gasteiger partial charge in [0.2, 0.25) is 0 Å². The maximum absolute atomic E-state index is 12.7. The second-order valence-corrected chi connectivity index (χ2v) is 9.00. The molecule has 0 aliphatic rings. The monoisotopic (exact) mass is 522 g/mol. The highest BCUT2D eigenvalue weighted by Gasteiger charge is 2.11. The average Bonchev–Trinajstić information content (AvgIpc) is 3.52. The number of benzene rings is 3. The Labute approximate surface area is 212 Å². The van der Waals surface area contributed by atoms with Gasteiger partial charge in [-0.3, -0.25) is 4.79 Å². The number of carbonyl (C=O) groups is 1. The topological polar surface area (TPSA) is 51.3 Å². The zero-order valence-corrected chi connectivity index (χ0v) is 20.7. The molecule has 0 radical (unpaired) electrons. The maximum atomic E-state index is 12.7. The van der Waals surface area contributed by atoms with Crippen LogP contribution >= 0.6 is 15.9 Å². The van der Waals surface area contributed by atoms with Crippen molar-refractivity contribution in [2.24, 2.45) is 5.10 Å². The van der Waals surface area contributed by atoms with Crippen LogP contribution in [0.5, 0.6) is 0 Å². The third-order valence-electron chi connectivity index (χ3n) is 5.78. The van der Waals surface area contributed by atoms with Crippen molar-refractivity contribution in [1.29, 1.82) is 0 Å². The number of hydrogen-bond acceptors (Lipinski definition) is 2. The van der Waals surface area contributed by atoms with Crippen LogP contribution in [-0.2, 0) is 0 Å². The maximum Gasteiger partial charge on any atom is 0.271 e. The molecule has 0 spiro atoms. The Kier molecular flexibility index (Phi) is 6.46. The highest BCUT2D eigenvalue weighted by Crippen LogP contribution is 2.26. The fourth-order valence-electron chi connectivity index (χ4n) is 4.04. The Hall–Kier alpha value is -4.16. The highest BCUT2D eigenvalue weighted by atomic mass is 79.9. The molecule has 35 heavy (non-hydrogen) atoms. The van der Waals surface area contributed by atoms with Crippen LogP contribution in [0.4, 0.5) is 0 Å². The first-order valence-electron chi connectivity index (χ1n) is 11.2. The van der Waals surface area contributed by atoms with Crippen LogP contribution in [-0.4, -0.2) is 21.3 Å². The Balaban J connectivity index is 1.30. The van der Waals surface area contributed by atoms with E-state index >= 15 is 0 Å². The summed E-state index contributed by atoms with van der Waals surface area (Å²) in [7, 11) is 0. The molecule has 5 nitrogen and oxygen atoms in total. The molecule has 172 valence electrons. The second-order valence-electron chi connectivity index (χ2n) is 8.09. The van der Waals surface area contributed by atoms with Crippen LogP contribution in [0, 0.1) is 6.92 Å². The summed E-state index contributed by atoms with van der Waals surface area (Å²) in [5.41, 5.74) is 9.42. The number of rotatable bonds is 6. The lowest BCUT2D eigenvalue weighted by Crippen LogP contribution is -2.18. The first-order valence-corrected chi connectivity index (χ1v) is 12.0. The largest absolute Gasteiger partial charge is 0.316 e. The first-order chi connectivity index (χ1) is 17.1. The van der Waals surface area contributed by atoms with E-state index in [2.05, 4.69) is 62.2 Å². The minimum atomic E-state index is -0.262. The third-order valence-corrected chi connectivity index (χ3v) is 6.31. The van der Waals surface area contributed by atoms with Gasteiger partial charge in [-0.25, -0.2) is 5.43 Å². The van der Waals surface area contributed by atoms with E-state index in [1.54, 1.807) is 6.21 Å². The van der Waals surface area contributed by atoms with Crippen molar-refractivity contribution in [2.75, 3.05) is 0 Å². The molecule has 1 amide bonds. The predicted molar refractivity (Wildman–Crippen MR) is 144 cm³/mol. The fourth-order valence-corrected chi connectivity index (χ4v) is 4.30. The van der Waals surface area contributed by atoms with E-state index in [4.69, 9.17) is 0 Å². The summed E-state index contributed by atoms with van der Waals surface area (Å²) in [5.74, 6) is -0.262. The van der Waals surface area contributed by atoms with Crippen molar-refractivity contribution in [2.45, 2.75) is 6.92 Å². The van der Waals surface area contributed by atoms with Gasteiger partial charge in [-0.1, -0.05) is 46.3 Å². The van der Waals surface area contributed by atoms with Crippen molar-refractivity contribution in [1.82, 2.24) is 14.6 Å². The van der Waals surface area contributed by atoms with Crippen molar-refractivity contribution in [3.05, 3.63) is 131 Å². The number of carbonyl (C=O) groups excluding carboxylic acids is 1. The molecule has 5 aromatic rings. The number of aryl methyl sites for hydroxylation is 1. The van der Waals surface area contributed by atoms with Crippen molar-refractivity contribution in [3.8, 4) is 22.6 Å². The minimum absolute atomic E-state index is 0.262. The zero-order chi connectivity index (χ0) is 24.2. The van der Waals surface area contributed by atoms with Crippen LogP contribution in [0.3, 0.4) is 0 Å². The second kappa shape index (κ2) is 9.99. The van der Waals surface area contributed by atoms with Gasteiger partial charge in [-0.15, -0.1) is 0 Å². The minimum Gasteiger partial charge on any atom is -0.316 e. The Morgan fingerprint density at radius 3 is 2.29 bits per heavy atom. The van der Waals surface area contributed by atoms with Gasteiger partial charge in [0.05, 0.1) is 17.6 Å². The number of hydrogen-bond donors (Lipinski definition) is 1. The molecule has 0 atom stereocenters. The highest BCUT2D eigenvalue weighted by molar-refractivity contribution is 9.10. The molecule has 2 aromatic heterocycles. The van der Waals surface area contributed by atoms with Crippen molar-refractivity contribution >= 4 is 28.1 Å². The normalized spacial score (nSPS) is 11.1. The Morgan fingerprint density at radius 2 is 1.54 bits per heavy atom. The van der Waals surface area contributed by atoms with E-state index in [0.717, 1.165) is 38.5 Å². The lowest BCUT2D eigenvalue weighted by molar-refractivity contribution is 0.0955. The van der Waals surface area contributed by atoms with Gasteiger partial charge in [-0.2, -0.15) is 5.10 Å². The number of hydrazone groups is 1. The number of nitrogens with one attached hydrogen (secondary N) is 1. The SMILES string of the molecule is Cc1ccc(-c2ccccc2)n1-c1ccc(C(=O)N/N=C/c2cccn2-c2ccc(Br)cc2)cc1. The molecule has 1 N–H and O–H groups in total. The molecule has 0 fully saturated rings. The van der Waals surface area contributed by atoms with Gasteiger partial charge in [0.1, 0.15) is 0 Å². The van der Waals surface area contributed by atoms with E-state index in [0.29, 0.717) is 5.56 Å². The van der Waals surface area contributed by atoms with Crippen molar-refractivity contribution < 1.29 is 4.79 Å². The van der Waals surface area contributed by atoms with Gasteiger partial charge in [0, 0.05) is 33.3 Å². The molecule has 0 saturated carbocycles. The van der Waals surface area contributed by atoms with E-state index in [1.807, 2.05) is 89.6 Å². The molecule has 0 saturated heterocycles. The van der Waals surface area contributed by atoms with Crippen LogP contribution in [0.15, 0.2) is 119 Å². The van der Waals surface area contributed by atoms with Crippen LogP contribution in [0.1, 0.15) is 21.7 Å². The third kappa shape index (κ3) is 4.88. The van der Waals surface area contributed by atoms with E-state index < -0.39 is 0 Å². The molecule has 6 heteroatoms. The average molecular weight is 523 g/mol. The standard InChI is InChI=1S/C29H23BrN4O/c1-21-9-18-28(22-6-3-2-4-7-22)34(21)26-14-10-23(11-15-26)29(35)32-31-20-27-8-5-19-33(27)25-16-12-24(30)13-17-25/h2-20H,1H3,(H,32,35)/b31-20+. The molecular formula is C29H23BrN4O. The number of halogens is 1. The molecule has 0 aliphatic heterocycles. The first kappa shape index (κ1) is 22.6. The molecule has 3 aromatic carbocycles. The molecule has 0 unspecified atom stereocenters. The van der Waals surface area contributed by atoms with Crippen LogP contribution in [0.2, 0.25) is 0 Å². The van der Waals surface area contributed by atoms with Gasteiger partial charge < -0.3 is 9.13 Å². The summed E-state index contributed by atoms with van der Waals surface area (Å²) in [6.45, 7) is 2.08. The van der Waals surface area contributed by atoms with Crippen LogP contribution in [0.25, 0.3) is 22.6 Å². The summed E-state index contributed by atoms with van der Waals surface area (Å²) in [4.78, 5) is 12.7. The lowest BCUT2D eigenvalue weighted by atomic mass is 10.1. The number of aromatic nitrogens is 2. The zero-order valence-electron chi connectivity index (χ0n) is 19.1. The molecule has 0 bridgehead atoms. The summed E-state index contributed by atoms with van der Waals surface area (Å²) < 4.78 is 5.21. The molecular weight excluding hydrogens is 500 g/mol. The fraction of sp³-hybridized carbons (Fsp3) is 0.0345. The molecule has 5 rings (SSSR count). The lowest BCUT2D eigenvalue weighted by Gasteiger charge is -2.12. The van der Waals surface area contributed by atoms with Gasteiger partial charge in [-0.05, 0) is 85.3 Å². The Bertz CT molecular complexity index is 1480. The summed E-state index contributed by atoms with van der Waals surface area (Å²) in [6.07, 6.45) is 3.60.